The van der Waals surface area contributed by atoms with E-state index >= 15 is 0 Å². The lowest BCUT2D eigenvalue weighted by molar-refractivity contribution is -0.929. The minimum absolute atomic E-state index is 0.0767. The third-order valence-corrected chi connectivity index (χ3v) is 4.98. The van der Waals surface area contributed by atoms with E-state index in [1.165, 1.54) is 16.7 Å². The highest BCUT2D eigenvalue weighted by Crippen LogP contribution is 2.11. The molecule has 0 saturated heterocycles. The number of furan rings is 1. The summed E-state index contributed by atoms with van der Waals surface area (Å²) >= 11 is 0. The molecule has 4 heteroatoms. The van der Waals surface area contributed by atoms with Gasteiger partial charge < -0.3 is 14.6 Å². The van der Waals surface area contributed by atoms with Gasteiger partial charge in [-0.1, -0.05) is 36.4 Å². The molecule has 0 saturated carbocycles. The molecule has 3 aromatic rings. The minimum atomic E-state index is -0.0767. The first-order valence-electron chi connectivity index (χ1n) is 9.08. The van der Waals surface area contributed by atoms with Crippen LogP contribution >= 0.6 is 0 Å². The molecule has 0 bridgehead atoms. The van der Waals surface area contributed by atoms with Crippen molar-refractivity contribution in [2.75, 3.05) is 6.54 Å². The van der Waals surface area contributed by atoms with Crippen LogP contribution in [-0.2, 0) is 26.1 Å². The van der Waals surface area contributed by atoms with E-state index in [2.05, 4.69) is 41.7 Å². The molecular weight excluding hydrogens is 324 g/mol. The molecule has 1 amide bonds. The summed E-state index contributed by atoms with van der Waals surface area (Å²) in [7, 11) is 0. The molecule has 2 aromatic carbocycles. The zero-order chi connectivity index (χ0) is 17.8. The molecule has 1 unspecified atom stereocenters. The number of carbonyl (C=O) groups excluding carboxylic acids is 1. The van der Waals surface area contributed by atoms with Crippen molar-refractivity contribution in [3.63, 3.8) is 0 Å². The van der Waals surface area contributed by atoms with Gasteiger partial charge in [-0.25, -0.2) is 0 Å². The van der Waals surface area contributed by atoms with E-state index in [4.69, 9.17) is 4.42 Å². The number of nitrogens with one attached hydrogen (secondary N) is 2. The second-order valence-corrected chi connectivity index (χ2v) is 6.83. The van der Waals surface area contributed by atoms with Gasteiger partial charge >= 0.3 is 0 Å². The second-order valence-electron chi connectivity index (χ2n) is 6.83. The molecule has 26 heavy (non-hydrogen) atoms. The van der Waals surface area contributed by atoms with E-state index in [9.17, 15) is 4.79 Å². The zero-order valence-corrected chi connectivity index (χ0v) is 14.7. The fourth-order valence-electron chi connectivity index (χ4n) is 3.54. The maximum atomic E-state index is 12.2. The molecule has 132 valence electrons. The molecular formula is C22H23N2O2+. The maximum absolute atomic E-state index is 12.2. The van der Waals surface area contributed by atoms with Gasteiger partial charge in [-0.05, 0) is 29.8 Å². The number of hydrogen-bond acceptors (Lipinski definition) is 2. The third kappa shape index (κ3) is 3.86. The maximum Gasteiger partial charge on any atom is 0.251 e. The molecule has 2 heterocycles. The normalized spacial score (nSPS) is 16.1. The Hall–Kier alpha value is -2.85. The fraction of sp³-hybridized carbons (Fsp3) is 0.227. The molecule has 0 radical (unpaired) electrons. The van der Waals surface area contributed by atoms with E-state index < -0.39 is 0 Å². The monoisotopic (exact) mass is 347 g/mol. The molecule has 1 aromatic heterocycles. The molecule has 1 aliphatic rings. The molecule has 0 spiro atoms. The van der Waals surface area contributed by atoms with Crippen LogP contribution in [0.2, 0.25) is 0 Å². The Kier molecular flexibility index (Phi) is 4.84. The Morgan fingerprint density at radius 3 is 2.58 bits per heavy atom. The average Bonchev–Trinajstić information content (AvgIpc) is 3.20. The first-order chi connectivity index (χ1) is 12.8. The Morgan fingerprint density at radius 2 is 1.81 bits per heavy atom. The van der Waals surface area contributed by atoms with Gasteiger partial charge in [0.25, 0.3) is 5.91 Å². The average molecular weight is 347 g/mol. The summed E-state index contributed by atoms with van der Waals surface area (Å²) in [6, 6.07) is 20.3. The number of hydrogen-bond donors (Lipinski definition) is 2. The summed E-state index contributed by atoms with van der Waals surface area (Å²) in [5.74, 6) is 0.677. The van der Waals surface area contributed by atoms with Crippen LogP contribution in [0.15, 0.2) is 71.3 Å². The molecule has 1 aliphatic heterocycles. The highest BCUT2D eigenvalue weighted by molar-refractivity contribution is 5.94. The molecule has 2 N–H and O–H groups in total. The summed E-state index contributed by atoms with van der Waals surface area (Å²) in [5, 5.41) is 2.88. The van der Waals surface area contributed by atoms with Crippen LogP contribution in [0.1, 0.15) is 32.8 Å². The standard InChI is InChI=1S/C22H22N2O2/c25-22(23-14-21-6-3-13-26-21)19-9-7-17(8-10-19)15-24-12-11-18-4-1-2-5-20(18)16-24/h1-10,13H,11-12,14-16H2,(H,23,25)/p+1. The predicted octanol–water partition coefficient (Wildman–Crippen LogP) is 2.35. The molecule has 0 aliphatic carbocycles. The van der Waals surface area contributed by atoms with Gasteiger partial charge in [0.2, 0.25) is 0 Å². The Bertz CT molecular complexity index is 869. The summed E-state index contributed by atoms with van der Waals surface area (Å²) in [6.45, 7) is 3.62. The van der Waals surface area contributed by atoms with Gasteiger partial charge in [0.1, 0.15) is 18.8 Å². The van der Waals surface area contributed by atoms with Crippen LogP contribution in [-0.4, -0.2) is 12.5 Å². The molecule has 4 rings (SSSR count). The van der Waals surface area contributed by atoms with Crippen LogP contribution < -0.4 is 10.2 Å². The lowest BCUT2D eigenvalue weighted by Crippen LogP contribution is -3.10. The number of quaternary nitrogens is 1. The van der Waals surface area contributed by atoms with Gasteiger partial charge in [-0.3, -0.25) is 4.79 Å². The predicted molar refractivity (Wildman–Crippen MR) is 99.7 cm³/mol. The number of amides is 1. The third-order valence-electron chi connectivity index (χ3n) is 4.98. The first-order valence-corrected chi connectivity index (χ1v) is 9.08. The highest BCUT2D eigenvalue weighted by atomic mass is 16.3. The van der Waals surface area contributed by atoms with Crippen molar-refractivity contribution in [2.45, 2.75) is 26.1 Å². The van der Waals surface area contributed by atoms with Crippen molar-refractivity contribution in [2.24, 2.45) is 0 Å². The molecule has 1 atom stereocenters. The molecule has 0 fully saturated rings. The SMILES string of the molecule is O=C(NCc1ccco1)c1ccc(C[NH+]2CCc3ccccc3C2)cc1. The van der Waals surface area contributed by atoms with E-state index in [0.29, 0.717) is 12.1 Å². The van der Waals surface area contributed by atoms with Gasteiger partial charge in [-0.15, -0.1) is 0 Å². The lowest BCUT2D eigenvalue weighted by Gasteiger charge is -2.26. The molecule has 4 nitrogen and oxygen atoms in total. The number of benzene rings is 2. The summed E-state index contributed by atoms with van der Waals surface area (Å²) < 4.78 is 5.23. The van der Waals surface area contributed by atoms with Crippen LogP contribution in [0, 0.1) is 0 Å². The van der Waals surface area contributed by atoms with Gasteiger partial charge in [0, 0.05) is 23.1 Å². The van der Waals surface area contributed by atoms with Gasteiger partial charge in [-0.2, -0.15) is 0 Å². The minimum Gasteiger partial charge on any atom is -0.467 e. The van der Waals surface area contributed by atoms with E-state index in [0.717, 1.165) is 31.8 Å². The van der Waals surface area contributed by atoms with Crippen molar-refractivity contribution in [3.05, 3.63) is 94.9 Å². The van der Waals surface area contributed by atoms with Crippen LogP contribution in [0.3, 0.4) is 0 Å². The summed E-state index contributed by atoms with van der Waals surface area (Å²) in [4.78, 5) is 13.8. The quantitative estimate of drug-likeness (QED) is 0.744. The zero-order valence-electron chi connectivity index (χ0n) is 14.7. The fourth-order valence-corrected chi connectivity index (χ4v) is 3.54. The van der Waals surface area contributed by atoms with E-state index in [-0.39, 0.29) is 5.91 Å². The Morgan fingerprint density at radius 1 is 1.00 bits per heavy atom. The van der Waals surface area contributed by atoms with Gasteiger partial charge in [0.15, 0.2) is 0 Å². The van der Waals surface area contributed by atoms with Gasteiger partial charge in [0.05, 0.1) is 19.4 Å². The summed E-state index contributed by atoms with van der Waals surface area (Å²) in [6.07, 6.45) is 2.75. The number of carbonyl (C=O) groups is 1. The van der Waals surface area contributed by atoms with E-state index in [1.807, 2.05) is 24.3 Å². The Balaban J connectivity index is 1.34. The largest absolute Gasteiger partial charge is 0.467 e. The topological polar surface area (TPSA) is 46.7 Å². The van der Waals surface area contributed by atoms with Crippen molar-refractivity contribution in [1.29, 1.82) is 0 Å². The van der Waals surface area contributed by atoms with Crippen LogP contribution in [0.4, 0.5) is 0 Å². The van der Waals surface area contributed by atoms with Crippen molar-refractivity contribution in [1.82, 2.24) is 5.32 Å². The van der Waals surface area contributed by atoms with Crippen molar-refractivity contribution < 1.29 is 14.1 Å². The highest BCUT2D eigenvalue weighted by Gasteiger charge is 2.19. The van der Waals surface area contributed by atoms with Crippen molar-refractivity contribution in [3.8, 4) is 0 Å². The smallest absolute Gasteiger partial charge is 0.251 e. The lowest BCUT2D eigenvalue weighted by atomic mass is 9.99. The number of rotatable bonds is 5. The summed E-state index contributed by atoms with van der Waals surface area (Å²) in [5.41, 5.74) is 4.89. The van der Waals surface area contributed by atoms with E-state index in [1.54, 1.807) is 11.2 Å². The van der Waals surface area contributed by atoms with Crippen molar-refractivity contribution >= 4 is 5.91 Å². The van der Waals surface area contributed by atoms with Crippen LogP contribution in [0.5, 0.6) is 0 Å². The Labute approximate surface area is 153 Å². The van der Waals surface area contributed by atoms with Crippen LogP contribution in [0.25, 0.3) is 0 Å². The first kappa shape index (κ1) is 16.6. The second kappa shape index (κ2) is 7.58. The number of fused-ring (bicyclic) bond motifs is 1.